The molecule has 0 spiro atoms. The number of benzene rings is 9. The maximum Gasteiger partial charge on any atom is 0.143 e. The van der Waals surface area contributed by atoms with Crippen molar-refractivity contribution in [1.29, 1.82) is 0 Å². The van der Waals surface area contributed by atoms with Crippen molar-refractivity contribution in [1.82, 2.24) is 4.57 Å². The molecule has 0 amide bonds. The van der Waals surface area contributed by atoms with Crippen LogP contribution >= 0.6 is 0 Å². The lowest BCUT2D eigenvalue weighted by Gasteiger charge is -2.26. The number of anilines is 3. The first-order chi connectivity index (χ1) is 27.3. The van der Waals surface area contributed by atoms with Gasteiger partial charge in [-0.3, -0.25) is 0 Å². The van der Waals surface area contributed by atoms with E-state index < -0.39 is 0 Å². The van der Waals surface area contributed by atoms with Crippen molar-refractivity contribution < 1.29 is 4.42 Å². The van der Waals surface area contributed by atoms with Gasteiger partial charge in [0.2, 0.25) is 0 Å². The molecule has 3 heteroatoms. The Morgan fingerprint density at radius 2 is 0.836 bits per heavy atom. The molecule has 0 aliphatic rings. The predicted octanol–water partition coefficient (Wildman–Crippen LogP) is 14.6. The van der Waals surface area contributed by atoms with Gasteiger partial charge < -0.3 is 13.9 Å². The molecule has 55 heavy (non-hydrogen) atoms. The zero-order valence-corrected chi connectivity index (χ0v) is 29.9. The zero-order chi connectivity index (χ0) is 36.3. The van der Waals surface area contributed by atoms with Crippen LogP contribution in [0.5, 0.6) is 0 Å². The lowest BCUT2D eigenvalue weighted by molar-refractivity contribution is 0.674. The lowest BCUT2D eigenvalue weighted by Crippen LogP contribution is -2.09. The third kappa shape index (κ3) is 5.05. The second kappa shape index (κ2) is 12.6. The van der Waals surface area contributed by atoms with E-state index in [2.05, 4.69) is 216 Å². The average molecular weight is 703 g/mol. The summed E-state index contributed by atoms with van der Waals surface area (Å²) in [6.45, 7) is 0. The van der Waals surface area contributed by atoms with Crippen molar-refractivity contribution in [2.24, 2.45) is 0 Å². The number of fused-ring (bicyclic) bond motifs is 8. The normalized spacial score (nSPS) is 11.6. The number of aromatic nitrogens is 1. The molecule has 0 N–H and O–H groups in total. The molecule has 0 unspecified atom stereocenters. The summed E-state index contributed by atoms with van der Waals surface area (Å²) >= 11 is 0. The van der Waals surface area contributed by atoms with E-state index in [9.17, 15) is 0 Å². The Labute approximate surface area is 318 Å². The number of nitrogens with zero attached hydrogens (tertiary/aromatic N) is 2. The number of hydrogen-bond acceptors (Lipinski definition) is 2. The zero-order valence-electron chi connectivity index (χ0n) is 29.9. The highest BCUT2D eigenvalue weighted by molar-refractivity contribution is 6.17. The minimum absolute atomic E-state index is 0.915. The van der Waals surface area contributed by atoms with Gasteiger partial charge >= 0.3 is 0 Å². The maximum absolute atomic E-state index is 6.68. The summed E-state index contributed by atoms with van der Waals surface area (Å²) in [6, 6.07) is 73.8. The Balaban J connectivity index is 0.984. The van der Waals surface area contributed by atoms with Crippen molar-refractivity contribution in [3.63, 3.8) is 0 Å². The summed E-state index contributed by atoms with van der Waals surface area (Å²) in [7, 11) is 0. The minimum Gasteiger partial charge on any atom is -0.455 e. The summed E-state index contributed by atoms with van der Waals surface area (Å²) in [5, 5.41) is 7.11. The van der Waals surface area contributed by atoms with Gasteiger partial charge in [-0.2, -0.15) is 0 Å². The van der Waals surface area contributed by atoms with Crippen molar-refractivity contribution >= 4 is 71.6 Å². The fourth-order valence-electron chi connectivity index (χ4n) is 8.45. The Kier molecular flexibility index (Phi) is 7.17. The van der Waals surface area contributed by atoms with E-state index in [1.165, 1.54) is 32.8 Å². The van der Waals surface area contributed by atoms with Crippen LogP contribution in [0.1, 0.15) is 0 Å². The summed E-state index contributed by atoms with van der Waals surface area (Å²) in [6.07, 6.45) is 0. The summed E-state index contributed by atoms with van der Waals surface area (Å²) in [4.78, 5) is 2.32. The Hall–Kier alpha value is -7.36. The minimum atomic E-state index is 0.915. The van der Waals surface area contributed by atoms with Gasteiger partial charge in [0.1, 0.15) is 11.2 Å². The monoisotopic (exact) mass is 702 g/mol. The van der Waals surface area contributed by atoms with Gasteiger partial charge in [0.15, 0.2) is 0 Å². The highest BCUT2D eigenvalue weighted by Crippen LogP contribution is 2.42. The van der Waals surface area contributed by atoms with E-state index >= 15 is 0 Å². The van der Waals surface area contributed by atoms with E-state index in [4.69, 9.17) is 4.42 Å². The second-order valence-corrected chi connectivity index (χ2v) is 14.1. The molecule has 2 heterocycles. The Bertz CT molecular complexity index is 3140. The van der Waals surface area contributed by atoms with Crippen molar-refractivity contribution in [2.75, 3.05) is 4.90 Å². The van der Waals surface area contributed by atoms with Crippen molar-refractivity contribution in [3.8, 4) is 27.9 Å². The fraction of sp³-hybridized carbons (Fsp3) is 0. The molecule has 9 aromatic carbocycles. The standard InChI is InChI=1S/C52H34N2O/c1-2-14-38(15-3-1)53(40-32-27-37(28-33-40)43-20-12-21-46-47-34-29-35-13-4-5-17-42(35)52(47)55-51(43)46)39-30-25-36(26-31-39)41-16-6-9-22-48(41)54-49-23-10-7-18-44(49)45-19-8-11-24-50(45)54/h1-34H. The molecular formula is C52H34N2O. The van der Waals surface area contributed by atoms with Gasteiger partial charge in [-0.25, -0.2) is 0 Å². The van der Waals surface area contributed by atoms with Gasteiger partial charge in [0, 0.05) is 55.1 Å². The summed E-state index contributed by atoms with van der Waals surface area (Å²) in [5.41, 5.74) is 13.2. The van der Waals surface area contributed by atoms with Gasteiger partial charge in [-0.05, 0) is 77.2 Å². The van der Waals surface area contributed by atoms with Gasteiger partial charge in [0.05, 0.1) is 16.7 Å². The van der Waals surface area contributed by atoms with Gasteiger partial charge in [-0.15, -0.1) is 0 Å². The van der Waals surface area contributed by atoms with E-state index in [0.717, 1.165) is 66.8 Å². The third-order valence-electron chi connectivity index (χ3n) is 11.0. The van der Waals surface area contributed by atoms with E-state index in [1.807, 2.05) is 0 Å². The molecule has 0 aliphatic heterocycles. The number of para-hydroxylation sites is 5. The SMILES string of the molecule is c1ccc(N(c2ccc(-c3ccccc3-n3c4ccccc4c4ccccc43)cc2)c2ccc(-c3cccc4c3oc3c5ccccc5ccc43)cc2)cc1. The molecular weight excluding hydrogens is 669 g/mol. The quantitative estimate of drug-likeness (QED) is 0.172. The van der Waals surface area contributed by atoms with Crippen LogP contribution in [0, 0.1) is 0 Å². The molecule has 3 nitrogen and oxygen atoms in total. The van der Waals surface area contributed by atoms with Crippen molar-refractivity contribution in [3.05, 3.63) is 206 Å². The van der Waals surface area contributed by atoms with Crippen molar-refractivity contribution in [2.45, 2.75) is 0 Å². The first-order valence-electron chi connectivity index (χ1n) is 18.8. The fourth-order valence-corrected chi connectivity index (χ4v) is 8.45. The van der Waals surface area contributed by atoms with Crippen LogP contribution in [0.3, 0.4) is 0 Å². The molecule has 11 aromatic rings. The highest BCUT2D eigenvalue weighted by atomic mass is 16.3. The first-order valence-corrected chi connectivity index (χ1v) is 18.8. The lowest BCUT2D eigenvalue weighted by atomic mass is 10.0. The van der Waals surface area contributed by atoms with E-state index in [0.29, 0.717) is 0 Å². The number of hydrogen-bond donors (Lipinski definition) is 0. The molecule has 0 atom stereocenters. The van der Waals surface area contributed by atoms with E-state index in [-0.39, 0.29) is 0 Å². The van der Waals surface area contributed by atoms with Gasteiger partial charge in [0.25, 0.3) is 0 Å². The predicted molar refractivity (Wildman–Crippen MR) is 231 cm³/mol. The smallest absolute Gasteiger partial charge is 0.143 e. The Morgan fingerprint density at radius 1 is 0.327 bits per heavy atom. The maximum atomic E-state index is 6.68. The Morgan fingerprint density at radius 3 is 1.55 bits per heavy atom. The topological polar surface area (TPSA) is 21.3 Å². The molecule has 11 rings (SSSR count). The van der Waals surface area contributed by atoms with Gasteiger partial charge in [-0.1, -0.05) is 146 Å². The molecule has 0 saturated heterocycles. The van der Waals surface area contributed by atoms with Crippen LogP contribution in [0.4, 0.5) is 17.1 Å². The summed E-state index contributed by atoms with van der Waals surface area (Å²) in [5.74, 6) is 0. The van der Waals surface area contributed by atoms with Crippen LogP contribution in [-0.4, -0.2) is 4.57 Å². The van der Waals surface area contributed by atoms with Crippen LogP contribution in [-0.2, 0) is 0 Å². The molecule has 258 valence electrons. The average Bonchev–Trinajstić information content (AvgIpc) is 3.81. The number of furan rings is 1. The molecule has 0 radical (unpaired) electrons. The highest BCUT2D eigenvalue weighted by Gasteiger charge is 2.18. The number of rotatable bonds is 6. The molecule has 0 saturated carbocycles. The second-order valence-electron chi connectivity index (χ2n) is 14.1. The molecule has 0 aliphatic carbocycles. The molecule has 0 bridgehead atoms. The third-order valence-corrected chi connectivity index (χ3v) is 11.0. The van der Waals surface area contributed by atoms with Crippen LogP contribution in [0.15, 0.2) is 211 Å². The summed E-state index contributed by atoms with van der Waals surface area (Å²) < 4.78 is 9.08. The largest absolute Gasteiger partial charge is 0.455 e. The van der Waals surface area contributed by atoms with E-state index in [1.54, 1.807) is 0 Å². The van der Waals surface area contributed by atoms with Crippen LogP contribution < -0.4 is 4.90 Å². The first kappa shape index (κ1) is 31.2. The van der Waals surface area contributed by atoms with Crippen LogP contribution in [0.25, 0.3) is 82.5 Å². The van der Waals surface area contributed by atoms with Crippen LogP contribution in [0.2, 0.25) is 0 Å². The molecule has 2 aromatic heterocycles. The molecule has 0 fully saturated rings.